The van der Waals surface area contributed by atoms with Crippen LogP contribution in [0.2, 0.25) is 0 Å². The van der Waals surface area contributed by atoms with Gasteiger partial charge >= 0.3 is 0 Å². The van der Waals surface area contributed by atoms with E-state index in [0.29, 0.717) is 23.2 Å². The largest absolute Gasteiger partial charge is 0.0648 e. The third-order valence-electron chi connectivity index (χ3n) is 4.78. The highest BCUT2D eigenvalue weighted by molar-refractivity contribution is 5.38. The lowest BCUT2D eigenvalue weighted by Crippen LogP contribution is -2.30. The molecule has 0 bridgehead atoms. The SMILES string of the molecule is CCC(C)(CC)C1C(C(C)C)=CC=C1C(C)C. The Bertz CT molecular complexity index is 287. The number of rotatable bonds is 5. The minimum atomic E-state index is 0.433. The first kappa shape index (κ1) is 14.5. The molecule has 0 aromatic rings. The van der Waals surface area contributed by atoms with Crippen molar-refractivity contribution in [3.8, 4) is 0 Å². The molecule has 0 spiro atoms. The second-order valence-corrected chi connectivity index (χ2v) is 6.44. The molecule has 0 aromatic carbocycles. The van der Waals surface area contributed by atoms with E-state index in [2.05, 4.69) is 60.6 Å². The summed E-state index contributed by atoms with van der Waals surface area (Å²) in [6.07, 6.45) is 7.33. The molecule has 0 saturated heterocycles. The van der Waals surface area contributed by atoms with Gasteiger partial charge in [-0.1, -0.05) is 71.8 Å². The first-order valence-corrected chi connectivity index (χ1v) is 7.28. The van der Waals surface area contributed by atoms with Gasteiger partial charge in [0.2, 0.25) is 0 Å². The fraction of sp³-hybridized carbons (Fsp3) is 0.765. The van der Waals surface area contributed by atoms with Crippen LogP contribution >= 0.6 is 0 Å². The first-order valence-electron chi connectivity index (χ1n) is 7.28. The molecule has 0 aromatic heterocycles. The Labute approximate surface area is 108 Å². The van der Waals surface area contributed by atoms with Crippen LogP contribution in [0.15, 0.2) is 23.3 Å². The molecule has 17 heavy (non-hydrogen) atoms. The summed E-state index contributed by atoms with van der Waals surface area (Å²) in [5.41, 5.74) is 3.74. The maximum absolute atomic E-state index is 2.47. The Morgan fingerprint density at radius 1 is 0.941 bits per heavy atom. The predicted molar refractivity (Wildman–Crippen MR) is 78.0 cm³/mol. The summed E-state index contributed by atoms with van der Waals surface area (Å²) >= 11 is 0. The normalized spacial score (nSPS) is 17.9. The minimum absolute atomic E-state index is 0.433. The molecule has 1 aliphatic carbocycles. The molecule has 98 valence electrons. The van der Waals surface area contributed by atoms with Crippen LogP contribution in [0, 0.1) is 23.2 Å². The summed E-state index contributed by atoms with van der Waals surface area (Å²) in [5.74, 6) is 2.02. The van der Waals surface area contributed by atoms with Crippen molar-refractivity contribution in [1.29, 1.82) is 0 Å². The Hall–Kier alpha value is -0.520. The van der Waals surface area contributed by atoms with E-state index in [1.165, 1.54) is 12.8 Å². The highest BCUT2D eigenvalue weighted by Gasteiger charge is 2.39. The zero-order valence-electron chi connectivity index (χ0n) is 12.8. The van der Waals surface area contributed by atoms with E-state index >= 15 is 0 Å². The lowest BCUT2D eigenvalue weighted by Gasteiger charge is -2.40. The molecule has 1 rings (SSSR count). The van der Waals surface area contributed by atoms with Crippen molar-refractivity contribution in [1.82, 2.24) is 0 Å². The Balaban J connectivity index is 3.12. The third-order valence-corrected chi connectivity index (χ3v) is 4.78. The van der Waals surface area contributed by atoms with Crippen molar-refractivity contribution < 1.29 is 0 Å². The van der Waals surface area contributed by atoms with Gasteiger partial charge in [0.1, 0.15) is 0 Å². The Kier molecular flexibility index (Phi) is 4.63. The van der Waals surface area contributed by atoms with E-state index in [1.807, 2.05) is 0 Å². The Morgan fingerprint density at radius 3 is 1.53 bits per heavy atom. The zero-order chi connectivity index (χ0) is 13.2. The standard InChI is InChI=1S/C17H30/c1-8-17(7,9-2)16-14(12(3)4)10-11-15(16)13(5)6/h10-13,16H,8-9H2,1-7H3. The molecule has 0 amide bonds. The van der Waals surface area contributed by atoms with Crippen molar-refractivity contribution in [3.63, 3.8) is 0 Å². The van der Waals surface area contributed by atoms with Crippen LogP contribution in [-0.2, 0) is 0 Å². The van der Waals surface area contributed by atoms with E-state index in [0.717, 1.165) is 0 Å². The molecule has 0 heterocycles. The molecule has 0 unspecified atom stereocenters. The number of hydrogen-bond acceptors (Lipinski definition) is 0. The summed E-state index contributed by atoms with van der Waals surface area (Å²) in [7, 11) is 0. The second-order valence-electron chi connectivity index (χ2n) is 6.44. The van der Waals surface area contributed by atoms with Gasteiger partial charge < -0.3 is 0 Å². The molecule has 0 heteroatoms. The number of allylic oxidation sites excluding steroid dienone is 4. The van der Waals surface area contributed by atoms with Crippen molar-refractivity contribution in [3.05, 3.63) is 23.3 Å². The predicted octanol–water partition coefficient (Wildman–Crippen LogP) is 5.61. The van der Waals surface area contributed by atoms with Gasteiger partial charge in [-0.25, -0.2) is 0 Å². The van der Waals surface area contributed by atoms with Gasteiger partial charge in [-0.3, -0.25) is 0 Å². The van der Waals surface area contributed by atoms with Crippen molar-refractivity contribution in [2.75, 3.05) is 0 Å². The summed E-state index contributed by atoms with van der Waals surface area (Å²) in [5, 5.41) is 0. The molecule has 0 N–H and O–H groups in total. The fourth-order valence-corrected chi connectivity index (χ4v) is 3.09. The maximum atomic E-state index is 2.47. The minimum Gasteiger partial charge on any atom is -0.0648 e. The lowest BCUT2D eigenvalue weighted by molar-refractivity contribution is 0.211. The monoisotopic (exact) mass is 234 g/mol. The summed E-state index contributed by atoms with van der Waals surface area (Å²) in [4.78, 5) is 0. The second kappa shape index (κ2) is 5.42. The van der Waals surface area contributed by atoms with Gasteiger partial charge in [0, 0.05) is 5.92 Å². The molecular formula is C17H30. The maximum Gasteiger partial charge on any atom is 0.00720 e. The number of hydrogen-bond donors (Lipinski definition) is 0. The molecule has 1 aliphatic rings. The fourth-order valence-electron chi connectivity index (χ4n) is 3.09. The lowest BCUT2D eigenvalue weighted by atomic mass is 9.64. The van der Waals surface area contributed by atoms with Crippen LogP contribution < -0.4 is 0 Å². The highest BCUT2D eigenvalue weighted by Crippen LogP contribution is 2.49. The summed E-state index contributed by atoms with van der Waals surface area (Å²) in [6.45, 7) is 16.5. The molecule has 0 aliphatic heterocycles. The summed E-state index contributed by atoms with van der Waals surface area (Å²) in [6, 6.07) is 0. The summed E-state index contributed by atoms with van der Waals surface area (Å²) < 4.78 is 0. The van der Waals surface area contributed by atoms with Crippen molar-refractivity contribution in [2.24, 2.45) is 23.2 Å². The third kappa shape index (κ3) is 2.67. The molecular weight excluding hydrogens is 204 g/mol. The van der Waals surface area contributed by atoms with Crippen LogP contribution in [-0.4, -0.2) is 0 Å². The van der Waals surface area contributed by atoms with E-state index in [1.54, 1.807) is 11.1 Å². The first-order chi connectivity index (χ1) is 7.87. The topological polar surface area (TPSA) is 0 Å². The molecule has 0 nitrogen and oxygen atoms in total. The highest BCUT2D eigenvalue weighted by atomic mass is 14.4. The molecule has 0 saturated carbocycles. The van der Waals surface area contributed by atoms with E-state index in [4.69, 9.17) is 0 Å². The van der Waals surface area contributed by atoms with Gasteiger partial charge in [-0.2, -0.15) is 0 Å². The van der Waals surface area contributed by atoms with Crippen LogP contribution in [0.5, 0.6) is 0 Å². The van der Waals surface area contributed by atoms with E-state index in [9.17, 15) is 0 Å². The van der Waals surface area contributed by atoms with Crippen molar-refractivity contribution in [2.45, 2.75) is 61.3 Å². The molecule has 0 atom stereocenters. The van der Waals surface area contributed by atoms with Crippen LogP contribution in [0.1, 0.15) is 61.3 Å². The zero-order valence-corrected chi connectivity index (χ0v) is 12.8. The van der Waals surface area contributed by atoms with Gasteiger partial charge in [0.05, 0.1) is 0 Å². The van der Waals surface area contributed by atoms with E-state index < -0.39 is 0 Å². The Morgan fingerprint density at radius 2 is 1.29 bits per heavy atom. The molecule has 0 radical (unpaired) electrons. The van der Waals surface area contributed by atoms with Crippen molar-refractivity contribution >= 4 is 0 Å². The average molecular weight is 234 g/mol. The van der Waals surface area contributed by atoms with Gasteiger partial charge in [0.15, 0.2) is 0 Å². The van der Waals surface area contributed by atoms with E-state index in [-0.39, 0.29) is 0 Å². The molecule has 0 fully saturated rings. The van der Waals surface area contributed by atoms with Gasteiger partial charge in [-0.15, -0.1) is 0 Å². The van der Waals surface area contributed by atoms with Crippen LogP contribution in [0.4, 0.5) is 0 Å². The van der Waals surface area contributed by atoms with Gasteiger partial charge in [0.25, 0.3) is 0 Å². The quantitative estimate of drug-likeness (QED) is 0.580. The average Bonchev–Trinajstić information content (AvgIpc) is 2.73. The van der Waals surface area contributed by atoms with Crippen LogP contribution in [0.3, 0.4) is 0 Å². The smallest absolute Gasteiger partial charge is 0.00720 e. The van der Waals surface area contributed by atoms with Gasteiger partial charge in [-0.05, 0) is 30.1 Å². The van der Waals surface area contributed by atoms with Crippen LogP contribution in [0.25, 0.3) is 0 Å².